The van der Waals surface area contributed by atoms with Gasteiger partial charge in [0, 0.05) is 55.4 Å². The van der Waals surface area contributed by atoms with Crippen LogP contribution in [0.25, 0.3) is 22.0 Å². The third-order valence-corrected chi connectivity index (χ3v) is 7.42. The van der Waals surface area contributed by atoms with Crippen LogP contribution in [0.2, 0.25) is 0 Å². The fraction of sp³-hybridized carbons (Fsp3) is 0.323. The van der Waals surface area contributed by atoms with Gasteiger partial charge >= 0.3 is 0 Å². The molecule has 0 atom stereocenters. The molecule has 1 aliphatic rings. The van der Waals surface area contributed by atoms with Crippen molar-refractivity contribution in [3.63, 3.8) is 0 Å². The first-order valence-corrected chi connectivity index (χ1v) is 13.5. The highest BCUT2D eigenvalue weighted by molar-refractivity contribution is 5.98. The van der Waals surface area contributed by atoms with E-state index in [1.165, 1.54) is 5.56 Å². The standard InChI is InChI=1S/C31H36N6O3/c1-38-24-9-8-22-18-23(19-27(25(22)20-24)36-13-15-37(16-14-36)31(32)33)26-11-12-34-30(35-26)6-4-5-21-7-10-28(39-2)29(17-21)40-3/h7-12,17-20H,4-6,13-16H2,1-3H3,(H3,32,33). The predicted molar refractivity (Wildman–Crippen MR) is 159 cm³/mol. The first-order chi connectivity index (χ1) is 19.5. The van der Waals surface area contributed by atoms with E-state index in [2.05, 4.69) is 40.2 Å². The van der Waals surface area contributed by atoms with Gasteiger partial charge in [0.25, 0.3) is 0 Å². The Labute approximate surface area is 235 Å². The number of rotatable bonds is 9. The van der Waals surface area contributed by atoms with Gasteiger partial charge in [0.2, 0.25) is 0 Å². The zero-order valence-corrected chi connectivity index (χ0v) is 23.3. The second kappa shape index (κ2) is 12.1. The summed E-state index contributed by atoms with van der Waals surface area (Å²) in [6.07, 6.45) is 4.43. The van der Waals surface area contributed by atoms with Crippen LogP contribution < -0.4 is 24.8 Å². The molecule has 0 unspecified atom stereocenters. The highest BCUT2D eigenvalue weighted by Crippen LogP contribution is 2.35. The SMILES string of the molecule is COc1ccc2cc(-c3ccnc(CCCc4ccc(OC)c(OC)c4)n3)cc(N3CCN(C(=N)N)CC3)c2c1. The number of methoxy groups -OCH3 is 3. The summed E-state index contributed by atoms with van der Waals surface area (Å²) in [6.45, 7) is 2.98. The van der Waals surface area contributed by atoms with Gasteiger partial charge in [-0.15, -0.1) is 0 Å². The monoisotopic (exact) mass is 540 g/mol. The lowest BCUT2D eigenvalue weighted by atomic mass is 10.0. The minimum Gasteiger partial charge on any atom is -0.497 e. The minimum absolute atomic E-state index is 0.125. The molecule has 1 aromatic heterocycles. The first kappa shape index (κ1) is 27.1. The van der Waals surface area contributed by atoms with Gasteiger partial charge in [-0.1, -0.05) is 12.1 Å². The molecule has 4 aromatic rings. The van der Waals surface area contributed by atoms with Crippen LogP contribution in [-0.2, 0) is 12.8 Å². The van der Waals surface area contributed by atoms with Gasteiger partial charge in [-0.2, -0.15) is 0 Å². The fourth-order valence-electron chi connectivity index (χ4n) is 5.21. The molecule has 0 saturated carbocycles. The number of guanidine groups is 1. The van der Waals surface area contributed by atoms with E-state index in [9.17, 15) is 0 Å². The third-order valence-electron chi connectivity index (χ3n) is 7.42. The highest BCUT2D eigenvalue weighted by atomic mass is 16.5. The number of aryl methyl sites for hydroxylation is 2. The summed E-state index contributed by atoms with van der Waals surface area (Å²) >= 11 is 0. The average Bonchev–Trinajstić information content (AvgIpc) is 3.00. The smallest absolute Gasteiger partial charge is 0.188 e. The van der Waals surface area contributed by atoms with Crippen molar-refractivity contribution in [1.29, 1.82) is 5.41 Å². The molecule has 1 saturated heterocycles. The maximum atomic E-state index is 7.79. The molecule has 1 aliphatic heterocycles. The highest BCUT2D eigenvalue weighted by Gasteiger charge is 2.21. The molecule has 40 heavy (non-hydrogen) atoms. The second-order valence-electron chi connectivity index (χ2n) is 9.84. The van der Waals surface area contributed by atoms with E-state index in [-0.39, 0.29) is 5.96 Å². The molecule has 9 nitrogen and oxygen atoms in total. The van der Waals surface area contributed by atoms with Crippen molar-refractivity contribution in [2.45, 2.75) is 19.3 Å². The Balaban J connectivity index is 1.38. The second-order valence-corrected chi connectivity index (χ2v) is 9.84. The first-order valence-electron chi connectivity index (χ1n) is 13.5. The lowest BCUT2D eigenvalue weighted by Crippen LogP contribution is -2.50. The van der Waals surface area contributed by atoms with Crippen LogP contribution in [0.4, 0.5) is 5.69 Å². The van der Waals surface area contributed by atoms with Gasteiger partial charge in [-0.3, -0.25) is 5.41 Å². The summed E-state index contributed by atoms with van der Waals surface area (Å²) in [7, 11) is 4.99. The summed E-state index contributed by atoms with van der Waals surface area (Å²) in [5.74, 6) is 3.24. The van der Waals surface area contributed by atoms with E-state index in [0.717, 1.165) is 83.1 Å². The number of nitrogens with two attached hydrogens (primary N) is 1. The number of benzene rings is 3. The molecular weight excluding hydrogens is 504 g/mol. The van der Waals surface area contributed by atoms with E-state index in [1.54, 1.807) is 21.3 Å². The third kappa shape index (κ3) is 5.88. The lowest BCUT2D eigenvalue weighted by Gasteiger charge is -2.37. The summed E-state index contributed by atoms with van der Waals surface area (Å²) in [6, 6.07) is 18.6. The number of anilines is 1. The number of hydrogen-bond acceptors (Lipinski definition) is 7. The fourth-order valence-corrected chi connectivity index (χ4v) is 5.21. The van der Waals surface area contributed by atoms with Gasteiger partial charge in [0.1, 0.15) is 11.6 Å². The molecule has 2 heterocycles. The Bertz CT molecular complexity index is 1500. The number of nitrogens with zero attached hydrogens (tertiary/aromatic N) is 4. The number of hydrogen-bond donors (Lipinski definition) is 2. The molecule has 0 radical (unpaired) electrons. The van der Waals surface area contributed by atoms with Crippen molar-refractivity contribution < 1.29 is 14.2 Å². The number of nitrogens with one attached hydrogen (secondary N) is 1. The minimum atomic E-state index is 0.125. The van der Waals surface area contributed by atoms with E-state index < -0.39 is 0 Å². The normalized spacial score (nSPS) is 13.4. The van der Waals surface area contributed by atoms with E-state index in [0.29, 0.717) is 13.1 Å². The van der Waals surface area contributed by atoms with Crippen molar-refractivity contribution in [2.75, 3.05) is 52.4 Å². The van der Waals surface area contributed by atoms with Gasteiger partial charge in [-0.25, -0.2) is 9.97 Å². The molecule has 0 amide bonds. The van der Waals surface area contributed by atoms with Crippen LogP contribution in [0, 0.1) is 5.41 Å². The molecule has 5 rings (SSSR count). The van der Waals surface area contributed by atoms with Gasteiger partial charge in [0.15, 0.2) is 17.5 Å². The molecule has 0 aliphatic carbocycles. The van der Waals surface area contributed by atoms with Gasteiger partial charge in [-0.05, 0) is 66.3 Å². The van der Waals surface area contributed by atoms with E-state index in [4.69, 9.17) is 30.3 Å². The maximum Gasteiger partial charge on any atom is 0.188 e. The molecule has 208 valence electrons. The molecular formula is C31H36N6O3. The Morgan fingerprint density at radius 1 is 0.875 bits per heavy atom. The van der Waals surface area contributed by atoms with E-state index >= 15 is 0 Å². The number of aromatic nitrogens is 2. The predicted octanol–water partition coefficient (Wildman–Crippen LogP) is 4.51. The number of fused-ring (bicyclic) bond motifs is 1. The average molecular weight is 541 g/mol. The Morgan fingerprint density at radius 2 is 1.68 bits per heavy atom. The van der Waals surface area contributed by atoms with E-state index in [1.807, 2.05) is 35.4 Å². The Morgan fingerprint density at radius 3 is 2.40 bits per heavy atom. The topological polar surface area (TPSA) is 110 Å². The van der Waals surface area contributed by atoms with Crippen molar-refractivity contribution >= 4 is 22.4 Å². The number of piperazine rings is 1. The molecule has 3 aromatic carbocycles. The molecule has 9 heteroatoms. The van der Waals surface area contributed by atoms with Gasteiger partial charge < -0.3 is 29.7 Å². The summed E-state index contributed by atoms with van der Waals surface area (Å²) in [5.41, 5.74) is 10.00. The summed E-state index contributed by atoms with van der Waals surface area (Å²) < 4.78 is 16.3. The van der Waals surface area contributed by atoms with Crippen molar-refractivity contribution in [1.82, 2.24) is 14.9 Å². The van der Waals surface area contributed by atoms with Crippen LogP contribution in [-0.4, -0.2) is 68.3 Å². The van der Waals surface area contributed by atoms with Crippen LogP contribution >= 0.6 is 0 Å². The zero-order chi connectivity index (χ0) is 28.1. The molecule has 1 fully saturated rings. The molecule has 3 N–H and O–H groups in total. The van der Waals surface area contributed by atoms with Crippen molar-refractivity contribution in [3.05, 3.63) is 72.2 Å². The van der Waals surface area contributed by atoms with Crippen molar-refractivity contribution in [2.24, 2.45) is 5.73 Å². The van der Waals surface area contributed by atoms with Crippen LogP contribution in [0.5, 0.6) is 17.2 Å². The zero-order valence-electron chi connectivity index (χ0n) is 23.3. The van der Waals surface area contributed by atoms with Crippen LogP contribution in [0.15, 0.2) is 60.8 Å². The Kier molecular flexibility index (Phi) is 8.19. The lowest BCUT2D eigenvalue weighted by molar-refractivity contribution is 0.354. The van der Waals surface area contributed by atoms with Crippen LogP contribution in [0.1, 0.15) is 17.8 Å². The van der Waals surface area contributed by atoms with Crippen molar-refractivity contribution in [3.8, 4) is 28.5 Å². The number of ether oxygens (including phenoxy) is 3. The molecule has 0 spiro atoms. The van der Waals surface area contributed by atoms with Crippen LogP contribution in [0.3, 0.4) is 0 Å². The molecule has 0 bridgehead atoms. The summed E-state index contributed by atoms with van der Waals surface area (Å²) in [5, 5.41) is 10.0. The maximum absolute atomic E-state index is 7.79. The summed E-state index contributed by atoms with van der Waals surface area (Å²) in [4.78, 5) is 13.8. The largest absolute Gasteiger partial charge is 0.497 e. The van der Waals surface area contributed by atoms with Gasteiger partial charge in [0.05, 0.1) is 27.0 Å². The Hall–Kier alpha value is -4.53. The quantitative estimate of drug-likeness (QED) is 0.236.